The van der Waals surface area contributed by atoms with Gasteiger partial charge in [-0.3, -0.25) is 4.79 Å². The summed E-state index contributed by atoms with van der Waals surface area (Å²) in [7, 11) is -0.343. The number of ketones is 1. The van der Waals surface area contributed by atoms with Crippen molar-refractivity contribution in [2.45, 2.75) is 72.0 Å². The molecule has 0 saturated carbocycles. The van der Waals surface area contributed by atoms with Crippen molar-refractivity contribution in [3.8, 4) is 0 Å². The van der Waals surface area contributed by atoms with E-state index in [1.54, 1.807) is 0 Å². The van der Waals surface area contributed by atoms with E-state index in [1.807, 2.05) is 26.0 Å². The van der Waals surface area contributed by atoms with Crippen molar-refractivity contribution in [2.75, 3.05) is 0 Å². The largest absolute Gasteiger partial charge is 0.494 e. The van der Waals surface area contributed by atoms with Gasteiger partial charge >= 0.3 is 7.12 Å². The fraction of sp³-hybridized carbons (Fsp3) is 0.611. The van der Waals surface area contributed by atoms with Crippen LogP contribution in [0.5, 0.6) is 0 Å². The standard InChI is InChI=1S/C18H27BO3/c1-7-8-16(20)12-14-9-10-15(11-13(14)2)19-21-17(3,4)18(5,6)22-19/h9-11H,7-8,12H2,1-6H3. The van der Waals surface area contributed by atoms with E-state index in [2.05, 4.69) is 33.8 Å². The average molecular weight is 302 g/mol. The molecule has 4 heteroatoms. The second kappa shape index (κ2) is 6.17. The highest BCUT2D eigenvalue weighted by molar-refractivity contribution is 6.62. The maximum atomic E-state index is 11.8. The molecule has 1 aromatic rings. The first-order valence-electron chi connectivity index (χ1n) is 8.13. The zero-order chi connectivity index (χ0) is 16.5. The number of hydrogen-bond acceptors (Lipinski definition) is 3. The maximum absolute atomic E-state index is 11.8. The van der Waals surface area contributed by atoms with Crippen LogP contribution in [0.4, 0.5) is 0 Å². The molecule has 22 heavy (non-hydrogen) atoms. The zero-order valence-electron chi connectivity index (χ0n) is 14.7. The van der Waals surface area contributed by atoms with Crippen LogP contribution in [0.2, 0.25) is 0 Å². The van der Waals surface area contributed by atoms with E-state index >= 15 is 0 Å². The Balaban J connectivity index is 2.15. The number of carbonyl (C=O) groups excluding carboxylic acids is 1. The van der Waals surface area contributed by atoms with Gasteiger partial charge in [0.05, 0.1) is 11.2 Å². The van der Waals surface area contributed by atoms with Crippen LogP contribution in [0.3, 0.4) is 0 Å². The lowest BCUT2D eigenvalue weighted by atomic mass is 9.77. The first-order valence-corrected chi connectivity index (χ1v) is 8.13. The third kappa shape index (κ3) is 3.44. The van der Waals surface area contributed by atoms with Crippen molar-refractivity contribution >= 4 is 18.4 Å². The van der Waals surface area contributed by atoms with Gasteiger partial charge in [-0.15, -0.1) is 0 Å². The number of aryl methyl sites for hydroxylation is 1. The number of hydrogen-bond donors (Lipinski definition) is 0. The predicted octanol–water partition coefficient (Wildman–Crippen LogP) is 3.21. The summed E-state index contributed by atoms with van der Waals surface area (Å²) < 4.78 is 12.2. The number of carbonyl (C=O) groups is 1. The molecule has 1 fully saturated rings. The first kappa shape index (κ1) is 17.2. The molecule has 1 aliphatic heterocycles. The van der Waals surface area contributed by atoms with Gasteiger partial charge in [-0.25, -0.2) is 0 Å². The second-order valence-corrected chi connectivity index (χ2v) is 7.24. The summed E-state index contributed by atoms with van der Waals surface area (Å²) in [6.07, 6.45) is 2.08. The monoisotopic (exact) mass is 302 g/mol. The maximum Gasteiger partial charge on any atom is 0.494 e. The number of Topliss-reactive ketones (excluding diaryl/α,β-unsaturated/α-hetero) is 1. The molecule has 0 aliphatic carbocycles. The summed E-state index contributed by atoms with van der Waals surface area (Å²) >= 11 is 0. The molecule has 1 saturated heterocycles. The topological polar surface area (TPSA) is 35.5 Å². The van der Waals surface area contributed by atoms with Gasteiger partial charge in [-0.2, -0.15) is 0 Å². The van der Waals surface area contributed by atoms with Crippen molar-refractivity contribution < 1.29 is 14.1 Å². The van der Waals surface area contributed by atoms with E-state index in [1.165, 1.54) is 0 Å². The van der Waals surface area contributed by atoms with Crippen LogP contribution in [0.15, 0.2) is 18.2 Å². The minimum Gasteiger partial charge on any atom is -0.399 e. The highest BCUT2D eigenvalue weighted by atomic mass is 16.7. The van der Waals surface area contributed by atoms with Crippen LogP contribution in [0, 0.1) is 6.92 Å². The lowest BCUT2D eigenvalue weighted by Crippen LogP contribution is -2.41. The van der Waals surface area contributed by atoms with Gasteiger partial charge in [0, 0.05) is 12.8 Å². The van der Waals surface area contributed by atoms with E-state index < -0.39 is 0 Å². The van der Waals surface area contributed by atoms with Gasteiger partial charge in [0.15, 0.2) is 0 Å². The predicted molar refractivity (Wildman–Crippen MR) is 90.5 cm³/mol. The van der Waals surface area contributed by atoms with E-state index in [9.17, 15) is 4.79 Å². The minimum absolute atomic E-state index is 0.300. The summed E-state index contributed by atoms with van der Waals surface area (Å²) in [5.41, 5.74) is 2.57. The summed E-state index contributed by atoms with van der Waals surface area (Å²) in [5.74, 6) is 0.300. The Bertz CT molecular complexity index is 547. The van der Waals surface area contributed by atoms with E-state index in [4.69, 9.17) is 9.31 Å². The van der Waals surface area contributed by atoms with Gasteiger partial charge in [-0.05, 0) is 57.6 Å². The molecular formula is C18H27BO3. The molecule has 0 unspecified atom stereocenters. The van der Waals surface area contributed by atoms with Gasteiger partial charge in [0.2, 0.25) is 0 Å². The second-order valence-electron chi connectivity index (χ2n) is 7.24. The number of rotatable bonds is 5. The minimum atomic E-state index is -0.343. The van der Waals surface area contributed by atoms with E-state index in [0.717, 1.165) is 23.0 Å². The van der Waals surface area contributed by atoms with Crippen molar-refractivity contribution in [2.24, 2.45) is 0 Å². The van der Waals surface area contributed by atoms with Crippen molar-refractivity contribution in [3.05, 3.63) is 29.3 Å². The lowest BCUT2D eigenvalue weighted by Gasteiger charge is -2.32. The molecule has 1 aromatic carbocycles. The van der Waals surface area contributed by atoms with E-state index in [-0.39, 0.29) is 18.3 Å². The Morgan fingerprint density at radius 1 is 1.14 bits per heavy atom. The Hall–Kier alpha value is -1.13. The Morgan fingerprint density at radius 2 is 1.73 bits per heavy atom. The van der Waals surface area contributed by atoms with Crippen molar-refractivity contribution in [1.82, 2.24) is 0 Å². The third-order valence-corrected chi connectivity index (χ3v) is 4.81. The van der Waals surface area contributed by atoms with E-state index in [0.29, 0.717) is 18.6 Å². The Labute approximate surface area is 134 Å². The molecular weight excluding hydrogens is 275 g/mol. The summed E-state index contributed by atoms with van der Waals surface area (Å²) in [6.45, 7) is 12.3. The van der Waals surface area contributed by atoms with Crippen LogP contribution in [-0.4, -0.2) is 24.1 Å². The molecule has 3 nitrogen and oxygen atoms in total. The summed E-state index contributed by atoms with van der Waals surface area (Å²) in [5, 5.41) is 0. The molecule has 0 radical (unpaired) electrons. The molecule has 0 amide bonds. The summed E-state index contributed by atoms with van der Waals surface area (Å²) in [6, 6.07) is 6.13. The highest BCUT2D eigenvalue weighted by Crippen LogP contribution is 2.36. The molecule has 1 aliphatic rings. The van der Waals surface area contributed by atoms with Crippen molar-refractivity contribution in [1.29, 1.82) is 0 Å². The first-order chi connectivity index (χ1) is 10.2. The van der Waals surface area contributed by atoms with Crippen LogP contribution < -0.4 is 5.46 Å². The van der Waals surface area contributed by atoms with Crippen LogP contribution in [-0.2, 0) is 20.5 Å². The SMILES string of the molecule is CCCC(=O)Cc1ccc(B2OC(C)(C)C(C)(C)O2)cc1C. The van der Waals surface area contributed by atoms with Gasteiger partial charge < -0.3 is 9.31 Å². The molecule has 120 valence electrons. The summed E-state index contributed by atoms with van der Waals surface area (Å²) in [4.78, 5) is 11.8. The van der Waals surface area contributed by atoms with Crippen LogP contribution in [0.25, 0.3) is 0 Å². The zero-order valence-corrected chi connectivity index (χ0v) is 14.7. The fourth-order valence-corrected chi connectivity index (χ4v) is 2.62. The lowest BCUT2D eigenvalue weighted by molar-refractivity contribution is -0.118. The molecule has 1 heterocycles. The molecule has 0 spiro atoms. The van der Waals surface area contributed by atoms with Crippen LogP contribution >= 0.6 is 0 Å². The fourth-order valence-electron chi connectivity index (χ4n) is 2.62. The molecule has 0 bridgehead atoms. The third-order valence-electron chi connectivity index (χ3n) is 4.81. The molecule has 0 atom stereocenters. The Kier molecular flexibility index (Phi) is 4.83. The normalized spacial score (nSPS) is 19.5. The van der Waals surface area contributed by atoms with Gasteiger partial charge in [0.1, 0.15) is 5.78 Å². The quantitative estimate of drug-likeness (QED) is 0.784. The molecule has 2 rings (SSSR count). The van der Waals surface area contributed by atoms with Gasteiger partial charge in [-0.1, -0.05) is 25.1 Å². The smallest absolute Gasteiger partial charge is 0.399 e. The van der Waals surface area contributed by atoms with Crippen LogP contribution in [0.1, 0.15) is 58.6 Å². The average Bonchev–Trinajstić information content (AvgIpc) is 2.61. The number of benzene rings is 1. The van der Waals surface area contributed by atoms with Gasteiger partial charge in [0.25, 0.3) is 0 Å². The van der Waals surface area contributed by atoms with Crippen molar-refractivity contribution in [3.63, 3.8) is 0 Å². The molecule has 0 N–H and O–H groups in total. The Morgan fingerprint density at radius 3 is 2.23 bits per heavy atom. The molecule has 0 aromatic heterocycles. The highest BCUT2D eigenvalue weighted by Gasteiger charge is 2.51.